The normalized spacial score (nSPS) is 17.8. The third-order valence-corrected chi connectivity index (χ3v) is 7.59. The van der Waals surface area contributed by atoms with E-state index in [1.807, 2.05) is 4.90 Å². The molecular formula is C17H19ClFN5O3S2. The van der Waals surface area contributed by atoms with E-state index in [-0.39, 0.29) is 10.9 Å². The molecule has 1 aliphatic rings. The van der Waals surface area contributed by atoms with Gasteiger partial charge >= 0.3 is 0 Å². The van der Waals surface area contributed by atoms with Crippen molar-refractivity contribution in [1.29, 1.82) is 0 Å². The molecule has 0 aliphatic carbocycles. The number of hydrogen-bond donors (Lipinski definition) is 1. The quantitative estimate of drug-likeness (QED) is 0.643. The van der Waals surface area contributed by atoms with Crippen molar-refractivity contribution < 1.29 is 17.9 Å². The zero-order valence-corrected chi connectivity index (χ0v) is 18.1. The van der Waals surface area contributed by atoms with Crippen LogP contribution in [0.5, 0.6) is 5.88 Å². The first-order valence-electron chi connectivity index (χ1n) is 8.84. The van der Waals surface area contributed by atoms with E-state index in [1.54, 1.807) is 13.0 Å². The number of aryl methyl sites for hydroxylation is 1. The summed E-state index contributed by atoms with van der Waals surface area (Å²) in [5.74, 6) is -0.0265. The second kappa shape index (κ2) is 7.47. The van der Waals surface area contributed by atoms with Crippen LogP contribution < -0.4 is 0 Å². The third-order valence-electron chi connectivity index (χ3n) is 4.92. The van der Waals surface area contributed by atoms with Crippen molar-refractivity contribution in [3.8, 4) is 5.88 Å². The highest BCUT2D eigenvalue weighted by Crippen LogP contribution is 2.41. The Morgan fingerprint density at radius 3 is 2.55 bits per heavy atom. The highest BCUT2D eigenvalue weighted by molar-refractivity contribution is 7.88. The highest BCUT2D eigenvalue weighted by atomic mass is 35.5. The Morgan fingerprint density at radius 2 is 1.97 bits per heavy atom. The van der Waals surface area contributed by atoms with Crippen LogP contribution >= 0.6 is 22.9 Å². The molecule has 0 spiro atoms. The van der Waals surface area contributed by atoms with Gasteiger partial charge in [-0.15, -0.1) is 5.10 Å². The van der Waals surface area contributed by atoms with Gasteiger partial charge in [0.05, 0.1) is 22.2 Å². The molecule has 0 saturated carbocycles. The van der Waals surface area contributed by atoms with Crippen LogP contribution in [-0.4, -0.2) is 69.8 Å². The second-order valence-electron chi connectivity index (χ2n) is 6.92. The van der Waals surface area contributed by atoms with Crippen molar-refractivity contribution in [1.82, 2.24) is 23.8 Å². The van der Waals surface area contributed by atoms with Gasteiger partial charge < -0.3 is 5.11 Å². The summed E-state index contributed by atoms with van der Waals surface area (Å²) in [5, 5.41) is 15.0. The maximum atomic E-state index is 13.7. The lowest BCUT2D eigenvalue weighted by molar-refractivity contribution is 0.156. The Bertz CT molecular complexity index is 1170. The van der Waals surface area contributed by atoms with E-state index in [9.17, 15) is 17.9 Å². The minimum atomic E-state index is -3.28. The molecular weight excluding hydrogens is 441 g/mol. The molecule has 8 nitrogen and oxygen atoms in total. The van der Waals surface area contributed by atoms with Gasteiger partial charge in [0.2, 0.25) is 20.9 Å². The monoisotopic (exact) mass is 459 g/mol. The molecule has 0 bridgehead atoms. The Labute approximate surface area is 176 Å². The van der Waals surface area contributed by atoms with E-state index in [4.69, 9.17) is 11.6 Å². The molecule has 1 atom stereocenters. The zero-order chi connectivity index (χ0) is 20.9. The summed E-state index contributed by atoms with van der Waals surface area (Å²) in [4.78, 5) is 7.49. The molecule has 2 aromatic heterocycles. The van der Waals surface area contributed by atoms with Crippen molar-refractivity contribution in [2.75, 3.05) is 32.4 Å². The van der Waals surface area contributed by atoms with Crippen LogP contribution in [0.25, 0.3) is 4.96 Å². The van der Waals surface area contributed by atoms with Gasteiger partial charge in [0.25, 0.3) is 0 Å². The first-order chi connectivity index (χ1) is 13.6. The van der Waals surface area contributed by atoms with E-state index in [0.717, 1.165) is 0 Å². The smallest absolute Gasteiger partial charge is 0.230 e. The molecule has 4 rings (SSSR count). The van der Waals surface area contributed by atoms with E-state index in [2.05, 4.69) is 10.1 Å². The lowest BCUT2D eigenvalue weighted by Crippen LogP contribution is -2.49. The molecule has 1 fully saturated rings. The number of fused-ring (bicyclic) bond motifs is 1. The van der Waals surface area contributed by atoms with Crippen LogP contribution in [0.4, 0.5) is 4.39 Å². The number of aromatic hydroxyl groups is 1. The number of aromatic nitrogens is 3. The van der Waals surface area contributed by atoms with Crippen molar-refractivity contribution in [3.63, 3.8) is 0 Å². The number of piperazine rings is 1. The number of thiazole rings is 1. The first-order valence-corrected chi connectivity index (χ1v) is 11.9. The van der Waals surface area contributed by atoms with Crippen molar-refractivity contribution in [3.05, 3.63) is 45.3 Å². The average molecular weight is 460 g/mol. The van der Waals surface area contributed by atoms with Crippen LogP contribution in [-0.2, 0) is 10.0 Å². The molecule has 1 aliphatic heterocycles. The van der Waals surface area contributed by atoms with Crippen LogP contribution in [0.1, 0.15) is 22.3 Å². The molecule has 1 unspecified atom stereocenters. The fourth-order valence-corrected chi connectivity index (χ4v) is 5.71. The molecule has 12 heteroatoms. The SMILES string of the molecule is Cc1nc2sc(C(c3ccc(F)c(Cl)c3)N3CCN(S(C)(=O)=O)CC3)c(O)n2n1. The summed E-state index contributed by atoms with van der Waals surface area (Å²) in [7, 11) is -3.28. The molecule has 156 valence electrons. The predicted octanol–water partition coefficient (Wildman–Crippen LogP) is 2.26. The summed E-state index contributed by atoms with van der Waals surface area (Å²) in [6.45, 7) is 3.27. The van der Waals surface area contributed by atoms with E-state index in [0.29, 0.717) is 47.4 Å². The van der Waals surface area contributed by atoms with Gasteiger partial charge in [0.15, 0.2) is 0 Å². The lowest BCUT2D eigenvalue weighted by atomic mass is 10.0. The Hall–Kier alpha value is -1.79. The first kappa shape index (κ1) is 20.5. The summed E-state index contributed by atoms with van der Waals surface area (Å²) in [6.07, 6.45) is 1.19. The fourth-order valence-electron chi connectivity index (χ4n) is 3.53. The van der Waals surface area contributed by atoms with Gasteiger partial charge in [-0.05, 0) is 24.6 Å². The maximum Gasteiger partial charge on any atom is 0.230 e. The van der Waals surface area contributed by atoms with E-state index >= 15 is 0 Å². The molecule has 1 aromatic carbocycles. The fraction of sp³-hybridized carbons (Fsp3) is 0.412. The van der Waals surface area contributed by atoms with Gasteiger partial charge in [-0.1, -0.05) is 29.0 Å². The second-order valence-corrected chi connectivity index (χ2v) is 10.3. The Kier molecular flexibility index (Phi) is 5.28. The van der Waals surface area contributed by atoms with E-state index in [1.165, 1.54) is 38.5 Å². The molecule has 29 heavy (non-hydrogen) atoms. The van der Waals surface area contributed by atoms with Gasteiger partial charge in [-0.3, -0.25) is 4.90 Å². The van der Waals surface area contributed by atoms with Gasteiger partial charge in [0.1, 0.15) is 11.6 Å². The largest absolute Gasteiger partial charge is 0.492 e. The highest BCUT2D eigenvalue weighted by Gasteiger charge is 2.33. The molecule has 0 amide bonds. The van der Waals surface area contributed by atoms with Crippen LogP contribution in [0, 0.1) is 12.7 Å². The Balaban J connectivity index is 1.76. The summed E-state index contributed by atoms with van der Waals surface area (Å²) >= 11 is 7.30. The summed E-state index contributed by atoms with van der Waals surface area (Å²) < 4.78 is 40.2. The number of rotatable bonds is 4. The number of sulfonamides is 1. The van der Waals surface area contributed by atoms with Gasteiger partial charge in [0, 0.05) is 26.2 Å². The van der Waals surface area contributed by atoms with E-state index < -0.39 is 21.9 Å². The van der Waals surface area contributed by atoms with Crippen LogP contribution in [0.2, 0.25) is 5.02 Å². The lowest BCUT2D eigenvalue weighted by Gasteiger charge is -2.38. The summed E-state index contributed by atoms with van der Waals surface area (Å²) in [6, 6.07) is 4.00. The number of halogens is 2. The number of nitrogens with zero attached hydrogens (tertiary/aromatic N) is 5. The molecule has 0 radical (unpaired) electrons. The van der Waals surface area contributed by atoms with Crippen molar-refractivity contribution in [2.45, 2.75) is 13.0 Å². The minimum absolute atomic E-state index is 0.0166. The minimum Gasteiger partial charge on any atom is -0.492 e. The van der Waals surface area contributed by atoms with Crippen molar-refractivity contribution >= 4 is 37.9 Å². The standard InChI is InChI=1S/C17H19ClFN5O3S2/c1-10-20-17-24(21-10)16(25)15(28-17)14(11-3-4-13(19)12(18)9-11)22-5-7-23(8-6-22)29(2,26)27/h3-4,9,14,25H,5-8H2,1-2H3. The summed E-state index contributed by atoms with van der Waals surface area (Å²) in [5.41, 5.74) is 0.695. The zero-order valence-electron chi connectivity index (χ0n) is 15.7. The molecule has 3 aromatic rings. The van der Waals surface area contributed by atoms with Gasteiger partial charge in [-0.2, -0.15) is 8.82 Å². The van der Waals surface area contributed by atoms with Crippen LogP contribution in [0.15, 0.2) is 18.2 Å². The average Bonchev–Trinajstić information content (AvgIpc) is 3.16. The Morgan fingerprint density at radius 1 is 1.28 bits per heavy atom. The third kappa shape index (κ3) is 3.84. The van der Waals surface area contributed by atoms with Crippen molar-refractivity contribution in [2.24, 2.45) is 0 Å². The topological polar surface area (TPSA) is 91.0 Å². The number of hydrogen-bond acceptors (Lipinski definition) is 7. The maximum absolute atomic E-state index is 13.7. The molecule has 3 heterocycles. The number of benzene rings is 1. The molecule has 1 saturated heterocycles. The van der Waals surface area contributed by atoms with Crippen LogP contribution in [0.3, 0.4) is 0 Å². The van der Waals surface area contributed by atoms with Gasteiger partial charge in [-0.25, -0.2) is 17.8 Å². The molecule has 1 N–H and O–H groups in total. The predicted molar refractivity (Wildman–Crippen MR) is 109 cm³/mol.